The molecule has 5 rings (SSSR count). The molecular formula is C22H19N4+. The molecule has 4 aromatic rings. The second kappa shape index (κ2) is 5.56. The van der Waals surface area contributed by atoms with Crippen LogP contribution < -0.4 is 9.47 Å². The number of para-hydroxylation sites is 2. The maximum absolute atomic E-state index is 4.46. The third kappa shape index (κ3) is 2.02. The Morgan fingerprint density at radius 2 is 1.69 bits per heavy atom. The van der Waals surface area contributed by atoms with E-state index >= 15 is 0 Å². The highest BCUT2D eigenvalue weighted by atomic mass is 15.3. The van der Waals surface area contributed by atoms with Crippen LogP contribution in [0.2, 0.25) is 0 Å². The van der Waals surface area contributed by atoms with E-state index in [1.165, 1.54) is 22.4 Å². The predicted molar refractivity (Wildman–Crippen MR) is 103 cm³/mol. The number of hydrogen-bond acceptors (Lipinski definition) is 2. The van der Waals surface area contributed by atoms with E-state index in [2.05, 4.69) is 93.8 Å². The Balaban J connectivity index is 1.95. The van der Waals surface area contributed by atoms with Crippen molar-refractivity contribution in [3.8, 4) is 16.8 Å². The second-order valence-electron chi connectivity index (χ2n) is 6.62. The fourth-order valence-electron chi connectivity index (χ4n) is 3.82. The number of nitrogens with zero attached hydrogens (tertiary/aromatic N) is 4. The molecule has 0 saturated carbocycles. The molecule has 0 bridgehead atoms. The van der Waals surface area contributed by atoms with Crippen molar-refractivity contribution in [2.75, 3.05) is 4.90 Å². The van der Waals surface area contributed by atoms with Gasteiger partial charge in [-0.25, -0.2) is 9.55 Å². The second-order valence-corrected chi connectivity index (χ2v) is 6.62. The summed E-state index contributed by atoms with van der Waals surface area (Å²) in [6.45, 7) is 2.17. The Morgan fingerprint density at radius 1 is 0.885 bits per heavy atom. The molecule has 0 N–H and O–H groups in total. The molecule has 0 spiro atoms. The first-order chi connectivity index (χ1) is 12.8. The molecule has 1 aliphatic heterocycles. The fraction of sp³-hybridized carbons (Fsp3) is 0.0909. The van der Waals surface area contributed by atoms with Crippen molar-refractivity contribution in [1.29, 1.82) is 0 Å². The standard InChI is InChI=1S/C22H19N4/c1-16-8-7-10-18-17-9-3-4-11-19(17)25-15-23-14-21(25)26(22(16)18)20-12-5-6-13-24(20)2/h3-15H,1-2H3/q+1. The zero-order chi connectivity index (χ0) is 17.7. The highest BCUT2D eigenvalue weighted by Gasteiger charge is 2.34. The van der Waals surface area contributed by atoms with Crippen LogP contribution >= 0.6 is 0 Å². The van der Waals surface area contributed by atoms with Crippen LogP contribution in [-0.4, -0.2) is 9.55 Å². The van der Waals surface area contributed by atoms with Gasteiger partial charge in [0.25, 0.3) is 5.82 Å². The number of fused-ring (bicyclic) bond motifs is 5. The number of imidazole rings is 1. The minimum absolute atomic E-state index is 1.03. The van der Waals surface area contributed by atoms with Gasteiger partial charge in [0.05, 0.1) is 25.1 Å². The van der Waals surface area contributed by atoms with Crippen LogP contribution in [-0.2, 0) is 7.05 Å². The van der Waals surface area contributed by atoms with Gasteiger partial charge in [0.2, 0.25) is 5.82 Å². The summed E-state index contributed by atoms with van der Waals surface area (Å²) in [5.74, 6) is 2.13. The number of rotatable bonds is 1. The summed E-state index contributed by atoms with van der Waals surface area (Å²) in [6, 6.07) is 21.3. The Labute approximate surface area is 152 Å². The van der Waals surface area contributed by atoms with Gasteiger partial charge >= 0.3 is 0 Å². The van der Waals surface area contributed by atoms with E-state index in [1.54, 1.807) is 0 Å². The molecular weight excluding hydrogens is 320 g/mol. The first kappa shape index (κ1) is 14.9. The smallest absolute Gasteiger partial charge is 0.265 e. The largest absolute Gasteiger partial charge is 0.287 e. The Kier molecular flexibility index (Phi) is 3.19. The summed E-state index contributed by atoms with van der Waals surface area (Å²) < 4.78 is 4.31. The normalized spacial score (nSPS) is 12.2. The van der Waals surface area contributed by atoms with Crippen LogP contribution in [0.15, 0.2) is 79.4 Å². The zero-order valence-electron chi connectivity index (χ0n) is 14.8. The average Bonchev–Trinajstić information content (AvgIpc) is 3.10. The third-order valence-electron chi connectivity index (χ3n) is 5.02. The molecule has 0 radical (unpaired) electrons. The van der Waals surface area contributed by atoms with Crippen molar-refractivity contribution >= 4 is 17.3 Å². The minimum atomic E-state index is 1.03. The molecule has 3 heterocycles. The van der Waals surface area contributed by atoms with E-state index in [0.717, 1.165) is 17.3 Å². The molecule has 0 saturated heterocycles. The summed E-state index contributed by atoms with van der Waals surface area (Å²) in [5, 5.41) is 0. The number of hydrogen-bond donors (Lipinski definition) is 0. The lowest BCUT2D eigenvalue weighted by atomic mass is 9.98. The van der Waals surface area contributed by atoms with E-state index in [9.17, 15) is 0 Å². The molecule has 0 atom stereocenters. The van der Waals surface area contributed by atoms with Gasteiger partial charge in [0.1, 0.15) is 12.0 Å². The van der Waals surface area contributed by atoms with Gasteiger partial charge in [-0.1, -0.05) is 36.4 Å². The van der Waals surface area contributed by atoms with Gasteiger partial charge in [-0.3, -0.25) is 4.57 Å². The topological polar surface area (TPSA) is 24.9 Å². The molecule has 4 heteroatoms. The molecule has 0 fully saturated rings. The van der Waals surface area contributed by atoms with Crippen LogP contribution in [0.3, 0.4) is 0 Å². The first-order valence-electron chi connectivity index (χ1n) is 8.72. The van der Waals surface area contributed by atoms with Crippen molar-refractivity contribution in [2.24, 2.45) is 7.05 Å². The Morgan fingerprint density at radius 3 is 2.58 bits per heavy atom. The molecule has 4 nitrogen and oxygen atoms in total. The highest BCUT2D eigenvalue weighted by molar-refractivity contribution is 5.93. The van der Waals surface area contributed by atoms with Crippen LogP contribution in [0.4, 0.5) is 17.3 Å². The minimum Gasteiger partial charge on any atom is -0.265 e. The monoisotopic (exact) mass is 339 g/mol. The summed E-state index contributed by atoms with van der Waals surface area (Å²) in [4.78, 5) is 6.77. The van der Waals surface area contributed by atoms with Crippen LogP contribution in [0.5, 0.6) is 0 Å². The van der Waals surface area contributed by atoms with Crippen LogP contribution in [0.1, 0.15) is 5.56 Å². The van der Waals surface area contributed by atoms with Gasteiger partial charge in [0.15, 0.2) is 0 Å². The van der Waals surface area contributed by atoms with E-state index in [-0.39, 0.29) is 0 Å². The lowest BCUT2D eigenvalue weighted by Crippen LogP contribution is -2.35. The first-order valence-corrected chi connectivity index (χ1v) is 8.72. The highest BCUT2D eigenvalue weighted by Crippen LogP contribution is 2.46. The van der Waals surface area contributed by atoms with Crippen molar-refractivity contribution in [2.45, 2.75) is 6.92 Å². The van der Waals surface area contributed by atoms with Gasteiger partial charge in [-0.05, 0) is 30.7 Å². The number of benzene rings is 2. The number of aryl methyl sites for hydroxylation is 2. The number of aromatic nitrogens is 3. The van der Waals surface area contributed by atoms with Crippen molar-refractivity contribution in [3.63, 3.8) is 0 Å². The Bertz CT molecular complexity index is 1130. The van der Waals surface area contributed by atoms with E-state index in [4.69, 9.17) is 0 Å². The van der Waals surface area contributed by atoms with Gasteiger partial charge in [-0.2, -0.15) is 4.90 Å². The SMILES string of the molecule is Cc1cccc2c1N(c1cccc[n+]1C)c1cncn1-c1ccccc1-2. The Hall–Kier alpha value is -3.40. The molecule has 0 aliphatic carbocycles. The van der Waals surface area contributed by atoms with Crippen LogP contribution in [0.25, 0.3) is 16.8 Å². The van der Waals surface area contributed by atoms with Crippen molar-refractivity contribution < 1.29 is 4.57 Å². The molecule has 26 heavy (non-hydrogen) atoms. The molecule has 126 valence electrons. The molecule has 0 unspecified atom stereocenters. The number of pyridine rings is 1. The van der Waals surface area contributed by atoms with Crippen molar-refractivity contribution in [3.05, 3.63) is 84.9 Å². The summed E-state index contributed by atoms with van der Waals surface area (Å²) in [6.07, 6.45) is 5.91. The summed E-state index contributed by atoms with van der Waals surface area (Å²) in [5.41, 5.74) is 6.02. The molecule has 0 amide bonds. The zero-order valence-corrected chi connectivity index (χ0v) is 14.8. The lowest BCUT2D eigenvalue weighted by Gasteiger charge is -2.19. The quantitative estimate of drug-likeness (QED) is 0.421. The maximum atomic E-state index is 4.46. The van der Waals surface area contributed by atoms with E-state index in [0.29, 0.717) is 0 Å². The van der Waals surface area contributed by atoms with Gasteiger partial charge in [0, 0.05) is 17.2 Å². The van der Waals surface area contributed by atoms with Gasteiger partial charge < -0.3 is 0 Å². The fourth-order valence-corrected chi connectivity index (χ4v) is 3.82. The van der Waals surface area contributed by atoms with Crippen molar-refractivity contribution in [1.82, 2.24) is 9.55 Å². The summed E-state index contributed by atoms with van der Waals surface area (Å²) in [7, 11) is 2.08. The number of anilines is 3. The third-order valence-corrected chi connectivity index (χ3v) is 5.02. The molecule has 1 aliphatic rings. The summed E-state index contributed by atoms with van der Waals surface area (Å²) >= 11 is 0. The predicted octanol–water partition coefficient (Wildman–Crippen LogP) is 4.46. The molecule has 2 aromatic heterocycles. The average molecular weight is 339 g/mol. The lowest BCUT2D eigenvalue weighted by molar-refractivity contribution is -0.658. The maximum Gasteiger partial charge on any atom is 0.287 e. The van der Waals surface area contributed by atoms with Gasteiger partial charge in [-0.15, -0.1) is 0 Å². The molecule has 2 aromatic carbocycles. The van der Waals surface area contributed by atoms with Crippen LogP contribution in [0, 0.1) is 6.92 Å². The van der Waals surface area contributed by atoms with E-state index in [1.807, 2.05) is 18.6 Å². The van der Waals surface area contributed by atoms with E-state index < -0.39 is 0 Å².